The monoisotopic (exact) mass is 1460 g/mol. The van der Waals surface area contributed by atoms with Crippen molar-refractivity contribution in [3.8, 4) is 0 Å². The molecule has 4 heterocycles. The van der Waals surface area contributed by atoms with Gasteiger partial charge < -0.3 is 43.4 Å². The van der Waals surface area contributed by atoms with Crippen LogP contribution >= 0.6 is 0 Å². The van der Waals surface area contributed by atoms with E-state index in [4.69, 9.17) is 100 Å². The number of ether oxygens (including phenoxy) is 7. The Morgan fingerprint density at radius 3 is 1.30 bits per heavy atom. The topological polar surface area (TPSA) is 225 Å². The van der Waals surface area contributed by atoms with Crippen molar-refractivity contribution in [2.45, 2.75) is 201 Å². The number of rotatable bonds is 18. The van der Waals surface area contributed by atoms with E-state index in [2.05, 4.69) is 6.58 Å². The summed E-state index contributed by atoms with van der Waals surface area (Å²) in [6.07, 6.45) is 13.3. The molecule has 538 valence electrons. The number of carbonyl (C=O) groups excluding carboxylic acids is 6. The van der Waals surface area contributed by atoms with Crippen LogP contribution in [0.1, 0.15) is 163 Å². The van der Waals surface area contributed by atoms with E-state index in [1.807, 2.05) is 60.7 Å². The number of esters is 4. The molecule has 16 nitrogen and oxygen atoms in total. The number of alkyl halides is 4. The fourth-order valence-electron chi connectivity index (χ4n) is 20.7. The Hall–Kier alpha value is -4.12. The molecule has 12 bridgehead atoms. The predicted molar refractivity (Wildman–Crippen MR) is 407 cm³/mol. The first-order valence-electron chi connectivity index (χ1n) is 37.2. The molecule has 14 atom stereocenters. The SMILES string of the molecule is C=C1OC2C3CC(CC13)C2OC(=O)COC12CC3CC(C1)CC(OC(=O)C(C)(F)F)(C3)C2.CC(F)(F)C(=O)O.O=C(COC12CC3CC(CC(O)(C3)C1)C2)OC1C2CC3C(=O)OC1C3C2.O=C(c1ccccc1)[S+]1CCCC1.O=C(c1ccccc1)[S+]1CCCC1.[B]B([B])B(B([B])[B])B(B([B])[B])B([B])[B]. The molecule has 12 saturated carbocycles. The van der Waals surface area contributed by atoms with Gasteiger partial charge in [0.2, 0.25) is 0 Å². The molecular formula is C69H86B14F4O16S2+2. The summed E-state index contributed by atoms with van der Waals surface area (Å²) in [4.78, 5) is 81.9. The van der Waals surface area contributed by atoms with Gasteiger partial charge in [-0.25, -0.2) is 28.8 Å². The average molecular weight is 1460 g/mol. The lowest BCUT2D eigenvalue weighted by molar-refractivity contribution is -0.245. The molecule has 16 fully saturated rings. The molecule has 2 aromatic carbocycles. The maximum Gasteiger partial charge on any atom is 0.377 e. The van der Waals surface area contributed by atoms with E-state index in [-0.39, 0.29) is 107 Å². The molecule has 0 spiro atoms. The van der Waals surface area contributed by atoms with Gasteiger partial charge in [-0.15, -0.1) is 0 Å². The van der Waals surface area contributed by atoms with Crippen molar-refractivity contribution in [1.29, 1.82) is 0 Å². The van der Waals surface area contributed by atoms with Gasteiger partial charge in [-0.1, -0.05) is 43.0 Å². The van der Waals surface area contributed by atoms with E-state index in [0.717, 1.165) is 111 Å². The van der Waals surface area contributed by atoms with Crippen LogP contribution in [-0.4, -0.2) is 245 Å². The molecule has 16 aliphatic rings. The molecule has 14 unspecified atom stereocenters. The molecule has 18 rings (SSSR count). The number of carboxylic acids is 1. The van der Waals surface area contributed by atoms with E-state index in [1.165, 1.54) is 32.1 Å². The van der Waals surface area contributed by atoms with Gasteiger partial charge >= 0.3 is 51.9 Å². The zero-order chi connectivity index (χ0) is 75.9. The number of fused-ring (bicyclic) bond motifs is 2. The Labute approximate surface area is 633 Å². The third-order valence-electron chi connectivity index (χ3n) is 24.3. The van der Waals surface area contributed by atoms with Gasteiger partial charge in [-0.05, 0) is 164 Å². The van der Waals surface area contributed by atoms with Crippen LogP contribution in [-0.2, 0) is 78.9 Å². The summed E-state index contributed by atoms with van der Waals surface area (Å²) >= 11 is 0. The van der Waals surface area contributed by atoms with E-state index >= 15 is 0 Å². The first-order valence-corrected chi connectivity index (χ1v) is 40.3. The van der Waals surface area contributed by atoms with Gasteiger partial charge in [0.1, 0.15) is 66.2 Å². The summed E-state index contributed by atoms with van der Waals surface area (Å²) in [5.74, 6) is -3.04. The minimum Gasteiger partial charge on any atom is -0.491 e. The smallest absolute Gasteiger partial charge is 0.377 e. The Balaban J connectivity index is 0.000000135. The first kappa shape index (κ1) is 81.9. The van der Waals surface area contributed by atoms with Gasteiger partial charge in [0.05, 0.1) is 61.4 Å². The Kier molecular flexibility index (Phi) is 26.1. The average Bonchev–Trinajstić information content (AvgIpc) is 1.63. The summed E-state index contributed by atoms with van der Waals surface area (Å²) in [6.45, 7) is 4.66. The lowest BCUT2D eigenvalue weighted by Gasteiger charge is -2.60. The lowest BCUT2D eigenvalue weighted by atomic mass is 8.47. The fourth-order valence-corrected chi connectivity index (χ4v) is 25.0. The molecule has 4 aliphatic heterocycles. The van der Waals surface area contributed by atoms with Crippen molar-refractivity contribution in [2.24, 2.45) is 59.2 Å². The number of hydrogen-bond acceptors (Lipinski definition) is 15. The molecule has 2 N–H and O–H groups in total. The van der Waals surface area contributed by atoms with Crippen LogP contribution in [0.3, 0.4) is 0 Å². The third kappa shape index (κ3) is 19.3. The summed E-state index contributed by atoms with van der Waals surface area (Å²) in [5, 5.41) is 19.0. The number of aliphatic carboxylic acids is 1. The van der Waals surface area contributed by atoms with Crippen molar-refractivity contribution in [1.82, 2.24) is 0 Å². The van der Waals surface area contributed by atoms with Crippen molar-refractivity contribution in [3.63, 3.8) is 0 Å². The molecule has 2 aromatic rings. The van der Waals surface area contributed by atoms with Crippen molar-refractivity contribution in [2.75, 3.05) is 36.2 Å². The molecule has 12 aliphatic carbocycles. The minimum absolute atomic E-state index is 0.0315. The number of carbonyl (C=O) groups is 7. The van der Waals surface area contributed by atoms with Gasteiger partial charge in [-0.2, -0.15) is 17.6 Å². The van der Waals surface area contributed by atoms with Crippen LogP contribution in [0.2, 0.25) is 0 Å². The minimum atomic E-state index is -3.58. The zero-order valence-electron chi connectivity index (χ0n) is 60.0. The van der Waals surface area contributed by atoms with Gasteiger partial charge in [0.25, 0.3) is 0 Å². The van der Waals surface area contributed by atoms with Crippen LogP contribution in [0, 0.1) is 59.2 Å². The zero-order valence-corrected chi connectivity index (χ0v) is 61.6. The number of hydrogen-bond donors (Lipinski definition) is 2. The number of aliphatic hydroxyl groups is 1. The Morgan fingerprint density at radius 1 is 0.543 bits per heavy atom. The summed E-state index contributed by atoms with van der Waals surface area (Å²) < 4.78 is 90.1. The van der Waals surface area contributed by atoms with Crippen LogP contribution in [0.5, 0.6) is 0 Å². The third-order valence-corrected chi connectivity index (χ3v) is 28.9. The highest BCUT2D eigenvalue weighted by atomic mass is 32.2. The highest BCUT2D eigenvalue weighted by Gasteiger charge is 2.66. The predicted octanol–water partition coefficient (Wildman–Crippen LogP) is 5.23. The van der Waals surface area contributed by atoms with Gasteiger partial charge in [0, 0.05) is 156 Å². The number of benzene rings is 2. The van der Waals surface area contributed by atoms with Crippen molar-refractivity contribution in [3.05, 3.63) is 84.1 Å². The highest BCUT2D eigenvalue weighted by molar-refractivity contribution is 8.12. The molecule has 105 heavy (non-hydrogen) atoms. The van der Waals surface area contributed by atoms with E-state index in [0.29, 0.717) is 79.4 Å². The van der Waals surface area contributed by atoms with Crippen LogP contribution < -0.4 is 0 Å². The number of allylic oxidation sites excluding steroid dienone is 1. The summed E-state index contributed by atoms with van der Waals surface area (Å²) in [7, 11) is 44.2. The molecule has 16 radical (unpaired) electrons. The molecule has 0 aromatic heterocycles. The van der Waals surface area contributed by atoms with E-state index < -0.39 is 84.9 Å². The lowest BCUT2D eigenvalue weighted by Crippen LogP contribution is -2.72. The largest absolute Gasteiger partial charge is 0.491 e. The Morgan fingerprint density at radius 2 is 0.914 bits per heavy atom. The van der Waals surface area contributed by atoms with Gasteiger partial charge in [0.15, 0.2) is 0 Å². The maximum absolute atomic E-state index is 13.5. The fraction of sp³-hybridized carbons (Fsp3) is 0.696. The number of halogens is 4. The maximum atomic E-state index is 13.5. The molecule has 36 heteroatoms. The molecule has 0 amide bonds. The standard InChI is InChI=1S/C24H30F2O6.C20H26O6.2C11H13OS.C3H4F2O2.B14/c1-12-16-4-15-5-17(16)20(30-12)19(15)31-18(27)10-29-23-6-13-3-14(7-23)9-24(8-13,11-23)32-21(28)22(2,25)26;21-15(25-16-12-2-13-14(3-12)18(22)26-17(13)16)8-24-20-6-10-1-11(7-20)5-19(23,4-10)9-20;2*12-11(13-8-4-5-9-13)10-6-2-1-3-7-10;1-3(4,5)2(6)7;1-9(2)13(10(3)4)14(11(5)6)12(7)8/h13-17,19-20H,1,3-11H2,2H3;10-14,16-17,23H,1-9H2;2*1-3,6-7H,4-5,8-9H2;1H3,(H,6,7);/q;;2*+1;;. The van der Waals surface area contributed by atoms with Crippen molar-refractivity contribution < 1.29 is 94.5 Å². The van der Waals surface area contributed by atoms with E-state index in [1.54, 1.807) is 0 Å². The summed E-state index contributed by atoms with van der Waals surface area (Å²) in [6, 6.07) is 19.4. The van der Waals surface area contributed by atoms with Gasteiger partial charge in [-0.3, -0.25) is 4.79 Å². The first-order chi connectivity index (χ1) is 49.5. The quantitative estimate of drug-likeness (QED) is 0.0641. The Bertz CT molecular complexity index is 3330. The molecular weight excluding hydrogens is 1380 g/mol. The van der Waals surface area contributed by atoms with Crippen molar-refractivity contribution >= 4 is 162 Å². The second-order valence-corrected chi connectivity index (χ2v) is 36.9. The molecule has 4 saturated heterocycles. The second kappa shape index (κ2) is 33.4. The van der Waals surface area contributed by atoms with Crippen LogP contribution in [0.15, 0.2) is 73.0 Å². The van der Waals surface area contributed by atoms with Crippen LogP contribution in [0.25, 0.3) is 0 Å². The number of carboxylic acid groups (broad SMARTS) is 1. The van der Waals surface area contributed by atoms with Crippen LogP contribution in [0.4, 0.5) is 17.6 Å². The highest BCUT2D eigenvalue weighted by Crippen LogP contribution is 2.63. The van der Waals surface area contributed by atoms with E-state index in [9.17, 15) is 56.2 Å². The summed E-state index contributed by atoms with van der Waals surface area (Å²) in [5.41, 5.74) is -0.684. The normalized spacial score (nSPS) is 34.5. The second-order valence-electron chi connectivity index (χ2n) is 32.6.